The number of anilines is 1. The molecule has 7 nitrogen and oxygen atoms in total. The summed E-state index contributed by atoms with van der Waals surface area (Å²) in [6, 6.07) is 21.4. The Morgan fingerprint density at radius 3 is 2.21 bits per heavy atom. The second-order valence-electron chi connectivity index (χ2n) is 6.97. The molecule has 0 fully saturated rings. The van der Waals surface area contributed by atoms with E-state index in [-0.39, 0.29) is 28.4 Å². The fourth-order valence-electron chi connectivity index (χ4n) is 3.04. The summed E-state index contributed by atoms with van der Waals surface area (Å²) in [6.45, 7) is 3.64. The maximum absolute atomic E-state index is 13.4. The van der Waals surface area contributed by atoms with E-state index in [1.54, 1.807) is 42.5 Å². The molecule has 0 unspecified atom stereocenters. The highest BCUT2D eigenvalue weighted by atomic mass is 35.5. The lowest BCUT2D eigenvalue weighted by Gasteiger charge is -2.24. The number of nitrogens with zero attached hydrogens (tertiary/aromatic N) is 1. The third-order valence-electron chi connectivity index (χ3n) is 4.62. The van der Waals surface area contributed by atoms with Crippen molar-refractivity contribution in [1.29, 1.82) is 0 Å². The van der Waals surface area contributed by atoms with Gasteiger partial charge in [0.05, 0.1) is 23.7 Å². The van der Waals surface area contributed by atoms with E-state index in [0.29, 0.717) is 5.69 Å². The molecule has 0 saturated heterocycles. The first-order valence-corrected chi connectivity index (χ1v) is 11.8. The van der Waals surface area contributed by atoms with Crippen LogP contribution in [0.15, 0.2) is 96.4 Å². The number of amides is 2. The van der Waals surface area contributed by atoms with E-state index in [1.807, 2.05) is 18.2 Å². The number of carbonyl (C=O) groups excluding carboxylic acids is 2. The molecular weight excluding hydrogens is 462 g/mol. The van der Waals surface area contributed by atoms with Crippen LogP contribution in [-0.2, 0) is 21.2 Å². The molecule has 0 aliphatic heterocycles. The van der Waals surface area contributed by atoms with E-state index in [9.17, 15) is 18.0 Å². The van der Waals surface area contributed by atoms with E-state index in [1.165, 1.54) is 24.3 Å². The number of hydrogen-bond acceptors (Lipinski definition) is 4. The molecule has 0 heterocycles. The summed E-state index contributed by atoms with van der Waals surface area (Å²) in [5.74, 6) is -1.10. The molecule has 3 rings (SSSR count). The van der Waals surface area contributed by atoms with Gasteiger partial charge < -0.3 is 0 Å². The number of hydrogen-bond donors (Lipinski definition) is 2. The lowest BCUT2D eigenvalue weighted by molar-refractivity contribution is -0.121. The summed E-state index contributed by atoms with van der Waals surface area (Å²) in [4.78, 5) is 24.4. The molecule has 2 N–H and O–H groups in total. The van der Waals surface area contributed by atoms with Crippen molar-refractivity contribution in [2.24, 2.45) is 0 Å². The second kappa shape index (κ2) is 10.8. The van der Waals surface area contributed by atoms with E-state index >= 15 is 0 Å². The zero-order valence-electron chi connectivity index (χ0n) is 17.6. The first-order chi connectivity index (χ1) is 15.8. The van der Waals surface area contributed by atoms with Crippen molar-refractivity contribution in [3.63, 3.8) is 0 Å². The predicted molar refractivity (Wildman–Crippen MR) is 128 cm³/mol. The van der Waals surface area contributed by atoms with Gasteiger partial charge in [0.2, 0.25) is 5.91 Å². The highest BCUT2D eigenvalue weighted by Gasteiger charge is 2.27. The lowest BCUT2D eigenvalue weighted by atomic mass is 10.1. The van der Waals surface area contributed by atoms with Crippen LogP contribution in [0.4, 0.5) is 5.69 Å². The van der Waals surface area contributed by atoms with Crippen LogP contribution in [0.2, 0.25) is 5.02 Å². The Balaban J connectivity index is 1.79. The van der Waals surface area contributed by atoms with Gasteiger partial charge in [0.15, 0.2) is 0 Å². The van der Waals surface area contributed by atoms with E-state index in [2.05, 4.69) is 17.4 Å². The van der Waals surface area contributed by atoms with Gasteiger partial charge in [-0.15, -0.1) is 6.58 Å². The van der Waals surface area contributed by atoms with E-state index < -0.39 is 21.8 Å². The molecule has 0 aliphatic rings. The summed E-state index contributed by atoms with van der Waals surface area (Å²) >= 11 is 6.20. The number of para-hydroxylation sites is 1. The standard InChI is InChI=1S/C24H22ClN3O4S/c1-2-15-28(20-11-7-4-8-12-20)33(31,32)22-17-19(13-14-21(22)25)24(30)27-26-23(29)16-18-9-5-3-6-10-18/h2-14,17H,1,15-16H2,(H,26,29)(H,27,30). The zero-order valence-corrected chi connectivity index (χ0v) is 19.1. The minimum atomic E-state index is -4.11. The van der Waals surface area contributed by atoms with Gasteiger partial charge in [-0.05, 0) is 35.9 Å². The van der Waals surface area contributed by atoms with Crippen molar-refractivity contribution in [1.82, 2.24) is 10.9 Å². The number of nitrogens with one attached hydrogen (secondary N) is 2. The largest absolute Gasteiger partial charge is 0.273 e. The normalized spacial score (nSPS) is 10.8. The lowest BCUT2D eigenvalue weighted by Crippen LogP contribution is -2.42. The average Bonchev–Trinajstić information content (AvgIpc) is 2.82. The summed E-state index contributed by atoms with van der Waals surface area (Å²) in [5, 5.41) is -0.0374. The summed E-state index contributed by atoms with van der Waals surface area (Å²) in [6.07, 6.45) is 1.53. The van der Waals surface area contributed by atoms with Crippen LogP contribution < -0.4 is 15.2 Å². The van der Waals surface area contributed by atoms with Gasteiger partial charge >= 0.3 is 0 Å². The summed E-state index contributed by atoms with van der Waals surface area (Å²) in [7, 11) is -4.11. The zero-order chi connectivity index (χ0) is 23.8. The van der Waals surface area contributed by atoms with Crippen LogP contribution in [0.25, 0.3) is 0 Å². The van der Waals surface area contributed by atoms with Crippen molar-refractivity contribution >= 4 is 39.1 Å². The van der Waals surface area contributed by atoms with Crippen molar-refractivity contribution < 1.29 is 18.0 Å². The smallest absolute Gasteiger partial charge is 0.269 e. The molecule has 33 heavy (non-hydrogen) atoms. The maximum atomic E-state index is 13.4. The van der Waals surface area contributed by atoms with E-state index in [0.717, 1.165) is 9.87 Å². The minimum absolute atomic E-state index is 0.00857. The van der Waals surface area contributed by atoms with Crippen LogP contribution in [0, 0.1) is 0 Å². The number of sulfonamides is 1. The van der Waals surface area contributed by atoms with Crippen molar-refractivity contribution in [3.05, 3.63) is 108 Å². The van der Waals surface area contributed by atoms with Crippen molar-refractivity contribution in [2.45, 2.75) is 11.3 Å². The molecule has 9 heteroatoms. The third kappa shape index (κ3) is 6.00. The Morgan fingerprint density at radius 1 is 0.939 bits per heavy atom. The molecule has 0 aromatic heterocycles. The van der Waals surface area contributed by atoms with Gasteiger partial charge in [0.25, 0.3) is 15.9 Å². The molecule has 0 spiro atoms. The third-order valence-corrected chi connectivity index (χ3v) is 6.90. The fourth-order valence-corrected chi connectivity index (χ4v) is 4.98. The highest BCUT2D eigenvalue weighted by Crippen LogP contribution is 2.29. The molecule has 170 valence electrons. The van der Waals surface area contributed by atoms with Gasteiger partial charge in [-0.2, -0.15) is 0 Å². The Bertz CT molecular complexity index is 1250. The molecule has 3 aromatic carbocycles. The Hall–Kier alpha value is -3.62. The first kappa shape index (κ1) is 24.0. The number of halogens is 1. The topological polar surface area (TPSA) is 95.6 Å². The van der Waals surface area contributed by atoms with Gasteiger partial charge in [-0.3, -0.25) is 24.7 Å². The predicted octanol–water partition coefficient (Wildman–Crippen LogP) is 3.73. The molecule has 2 amide bonds. The molecule has 0 saturated carbocycles. The van der Waals surface area contributed by atoms with Crippen LogP contribution in [0.1, 0.15) is 15.9 Å². The monoisotopic (exact) mass is 483 g/mol. The summed E-state index contributed by atoms with van der Waals surface area (Å²) in [5.41, 5.74) is 5.85. The van der Waals surface area contributed by atoms with Crippen LogP contribution in [0.5, 0.6) is 0 Å². The average molecular weight is 484 g/mol. The molecule has 3 aromatic rings. The Morgan fingerprint density at radius 2 is 1.58 bits per heavy atom. The van der Waals surface area contributed by atoms with Crippen LogP contribution in [0.3, 0.4) is 0 Å². The van der Waals surface area contributed by atoms with Crippen LogP contribution in [-0.4, -0.2) is 26.8 Å². The SMILES string of the molecule is C=CCN(c1ccccc1)S(=O)(=O)c1cc(C(=O)NNC(=O)Cc2ccccc2)ccc1Cl. The number of carbonyl (C=O) groups is 2. The first-order valence-electron chi connectivity index (χ1n) is 9.94. The maximum Gasteiger partial charge on any atom is 0.269 e. The number of hydrazine groups is 1. The Labute approximate surface area is 197 Å². The Kier molecular flexibility index (Phi) is 7.87. The molecule has 0 atom stereocenters. The van der Waals surface area contributed by atoms with Gasteiger partial charge in [-0.1, -0.05) is 66.2 Å². The summed E-state index contributed by atoms with van der Waals surface area (Å²) < 4.78 is 27.9. The van der Waals surface area contributed by atoms with E-state index in [4.69, 9.17) is 11.6 Å². The van der Waals surface area contributed by atoms with Crippen LogP contribution >= 0.6 is 11.6 Å². The number of rotatable bonds is 8. The van der Waals surface area contributed by atoms with Gasteiger partial charge in [-0.25, -0.2) is 8.42 Å². The highest BCUT2D eigenvalue weighted by molar-refractivity contribution is 7.93. The van der Waals surface area contributed by atoms with Gasteiger partial charge in [0, 0.05) is 5.56 Å². The molecule has 0 bridgehead atoms. The minimum Gasteiger partial charge on any atom is -0.273 e. The van der Waals surface area contributed by atoms with Gasteiger partial charge in [0.1, 0.15) is 4.90 Å². The fraction of sp³-hybridized carbons (Fsp3) is 0.0833. The molecule has 0 radical (unpaired) electrons. The molecular formula is C24H22ClN3O4S. The molecule has 0 aliphatic carbocycles. The second-order valence-corrected chi connectivity index (χ2v) is 9.21. The quantitative estimate of drug-likeness (QED) is 0.377. The van der Waals surface area contributed by atoms with Crippen molar-refractivity contribution in [3.8, 4) is 0 Å². The number of benzene rings is 3. The van der Waals surface area contributed by atoms with Crippen molar-refractivity contribution in [2.75, 3.05) is 10.8 Å².